The minimum Gasteiger partial charge on any atom is -0.351 e. The van der Waals surface area contributed by atoms with Gasteiger partial charge in [-0.15, -0.1) is 11.3 Å². The summed E-state index contributed by atoms with van der Waals surface area (Å²) in [5, 5.41) is 4.90. The molecule has 0 bridgehead atoms. The van der Waals surface area contributed by atoms with Gasteiger partial charge in [0.2, 0.25) is 0 Å². The molecule has 1 aromatic carbocycles. The number of rotatable bonds is 3. The van der Waals surface area contributed by atoms with Crippen molar-refractivity contribution in [3.63, 3.8) is 0 Å². The first kappa shape index (κ1) is 13.7. The third-order valence-corrected chi connectivity index (χ3v) is 4.36. The van der Waals surface area contributed by atoms with E-state index in [1.54, 1.807) is 6.07 Å². The van der Waals surface area contributed by atoms with Gasteiger partial charge < -0.3 is 5.32 Å². The Morgan fingerprint density at radius 3 is 2.78 bits per heavy atom. The van der Waals surface area contributed by atoms with Crippen LogP contribution in [0, 0.1) is 5.92 Å². The van der Waals surface area contributed by atoms with Crippen LogP contribution in [-0.4, -0.2) is 12.5 Å². The van der Waals surface area contributed by atoms with Crippen molar-refractivity contribution in [3.8, 4) is 0 Å². The van der Waals surface area contributed by atoms with E-state index in [1.807, 2.05) is 26.0 Å². The van der Waals surface area contributed by atoms with Gasteiger partial charge >= 0.3 is 0 Å². The molecule has 1 amide bonds. The highest BCUT2D eigenvalue weighted by molar-refractivity contribution is 7.21. The average molecular weight is 302 g/mol. The first-order chi connectivity index (χ1) is 8.49. The van der Waals surface area contributed by atoms with Gasteiger partial charge in [-0.25, -0.2) is 0 Å². The molecular formula is C13H13Cl2NOS. The van der Waals surface area contributed by atoms with E-state index in [9.17, 15) is 4.79 Å². The monoisotopic (exact) mass is 301 g/mol. The standard InChI is InChI=1S/C13H13Cl2NOS/c1-7(2)6-16-13(17)12-11(15)9-4-3-8(14)5-10(9)18-12/h3-5,7H,6H2,1-2H3,(H,16,17). The first-order valence-electron chi connectivity index (χ1n) is 5.64. The molecule has 0 atom stereocenters. The predicted molar refractivity (Wildman–Crippen MR) is 79.0 cm³/mol. The van der Waals surface area contributed by atoms with E-state index in [2.05, 4.69) is 5.32 Å². The number of carbonyl (C=O) groups excluding carboxylic acids is 1. The molecule has 2 rings (SSSR count). The number of fused-ring (bicyclic) bond motifs is 1. The molecule has 0 radical (unpaired) electrons. The quantitative estimate of drug-likeness (QED) is 0.882. The maximum Gasteiger partial charge on any atom is 0.262 e. The molecule has 0 fully saturated rings. The fraction of sp³-hybridized carbons (Fsp3) is 0.308. The number of hydrogen-bond acceptors (Lipinski definition) is 2. The molecule has 1 heterocycles. The van der Waals surface area contributed by atoms with E-state index in [1.165, 1.54) is 11.3 Å². The van der Waals surface area contributed by atoms with Gasteiger partial charge in [0.05, 0.1) is 5.02 Å². The molecule has 1 aromatic heterocycles. The highest BCUT2D eigenvalue weighted by Gasteiger charge is 2.17. The lowest BCUT2D eigenvalue weighted by Crippen LogP contribution is -2.26. The number of amides is 1. The zero-order chi connectivity index (χ0) is 13.3. The van der Waals surface area contributed by atoms with Crippen LogP contribution >= 0.6 is 34.5 Å². The molecule has 0 saturated heterocycles. The van der Waals surface area contributed by atoms with Crippen LogP contribution < -0.4 is 5.32 Å². The second-order valence-corrected chi connectivity index (χ2v) is 6.36. The van der Waals surface area contributed by atoms with E-state index in [0.717, 1.165) is 10.1 Å². The maximum absolute atomic E-state index is 12.0. The highest BCUT2D eigenvalue weighted by atomic mass is 35.5. The number of thiophene rings is 1. The second-order valence-electron chi connectivity index (χ2n) is 4.49. The van der Waals surface area contributed by atoms with E-state index in [-0.39, 0.29) is 5.91 Å². The molecule has 18 heavy (non-hydrogen) atoms. The molecule has 0 saturated carbocycles. The van der Waals surface area contributed by atoms with Gasteiger partial charge in [-0.1, -0.05) is 43.1 Å². The summed E-state index contributed by atoms with van der Waals surface area (Å²) in [5.74, 6) is 0.294. The molecule has 0 aliphatic heterocycles. The van der Waals surface area contributed by atoms with Crippen molar-refractivity contribution in [1.82, 2.24) is 5.32 Å². The molecule has 1 N–H and O–H groups in total. The molecule has 0 aliphatic rings. The Morgan fingerprint density at radius 1 is 1.39 bits per heavy atom. The summed E-state index contributed by atoms with van der Waals surface area (Å²) in [6.45, 7) is 4.74. The summed E-state index contributed by atoms with van der Waals surface area (Å²) >= 11 is 13.5. The topological polar surface area (TPSA) is 29.1 Å². The smallest absolute Gasteiger partial charge is 0.262 e. The SMILES string of the molecule is CC(C)CNC(=O)c1sc2cc(Cl)ccc2c1Cl. The Labute approximate surface area is 120 Å². The van der Waals surface area contributed by atoms with Gasteiger partial charge in [-0.05, 0) is 18.1 Å². The molecular weight excluding hydrogens is 289 g/mol. The summed E-state index contributed by atoms with van der Waals surface area (Å²) < 4.78 is 0.933. The van der Waals surface area contributed by atoms with Crippen LogP contribution in [0.2, 0.25) is 10.0 Å². The number of nitrogens with one attached hydrogen (secondary N) is 1. The highest BCUT2D eigenvalue weighted by Crippen LogP contribution is 2.36. The van der Waals surface area contributed by atoms with Crippen LogP contribution in [0.1, 0.15) is 23.5 Å². The fourth-order valence-corrected chi connectivity index (χ4v) is 3.27. The average Bonchev–Trinajstić information content (AvgIpc) is 2.63. The van der Waals surface area contributed by atoms with Gasteiger partial charge in [0.25, 0.3) is 5.91 Å². The largest absolute Gasteiger partial charge is 0.351 e. The number of carbonyl (C=O) groups is 1. The van der Waals surface area contributed by atoms with Crippen LogP contribution in [0.25, 0.3) is 10.1 Å². The molecule has 96 valence electrons. The predicted octanol–water partition coefficient (Wildman–Crippen LogP) is 4.59. The van der Waals surface area contributed by atoms with Crippen molar-refractivity contribution < 1.29 is 4.79 Å². The van der Waals surface area contributed by atoms with Crippen LogP contribution in [0.3, 0.4) is 0 Å². The first-order valence-corrected chi connectivity index (χ1v) is 7.22. The molecule has 0 spiro atoms. The minimum atomic E-state index is -0.119. The van der Waals surface area contributed by atoms with Crippen molar-refractivity contribution in [1.29, 1.82) is 0 Å². The van der Waals surface area contributed by atoms with E-state index >= 15 is 0 Å². The summed E-state index contributed by atoms with van der Waals surface area (Å²) in [6, 6.07) is 5.45. The van der Waals surface area contributed by atoms with E-state index in [4.69, 9.17) is 23.2 Å². The van der Waals surface area contributed by atoms with E-state index < -0.39 is 0 Å². The Hall–Kier alpha value is -0.770. The maximum atomic E-state index is 12.0. The number of halogens is 2. The Bertz CT molecular complexity index is 592. The van der Waals surface area contributed by atoms with Gasteiger partial charge in [-0.2, -0.15) is 0 Å². The van der Waals surface area contributed by atoms with Crippen LogP contribution in [0.5, 0.6) is 0 Å². The Kier molecular flexibility index (Phi) is 4.15. The minimum absolute atomic E-state index is 0.119. The van der Waals surface area contributed by atoms with Gasteiger partial charge in [0.1, 0.15) is 4.88 Å². The van der Waals surface area contributed by atoms with Gasteiger partial charge in [-0.3, -0.25) is 4.79 Å². The fourth-order valence-electron chi connectivity index (χ4n) is 1.56. The molecule has 2 nitrogen and oxygen atoms in total. The van der Waals surface area contributed by atoms with Crippen LogP contribution in [0.4, 0.5) is 0 Å². The summed E-state index contributed by atoms with van der Waals surface area (Å²) in [7, 11) is 0. The molecule has 0 aliphatic carbocycles. The summed E-state index contributed by atoms with van der Waals surface area (Å²) in [6.07, 6.45) is 0. The van der Waals surface area contributed by atoms with Crippen LogP contribution in [-0.2, 0) is 0 Å². The molecule has 0 unspecified atom stereocenters. The zero-order valence-electron chi connectivity index (χ0n) is 10.1. The number of benzene rings is 1. The van der Waals surface area contributed by atoms with Gasteiger partial charge in [0.15, 0.2) is 0 Å². The Morgan fingerprint density at radius 2 is 2.11 bits per heavy atom. The molecule has 2 aromatic rings. The third-order valence-electron chi connectivity index (χ3n) is 2.47. The van der Waals surface area contributed by atoms with Crippen LogP contribution in [0.15, 0.2) is 18.2 Å². The zero-order valence-corrected chi connectivity index (χ0v) is 12.4. The Balaban J connectivity index is 2.33. The third kappa shape index (κ3) is 2.79. The van der Waals surface area contributed by atoms with Crippen molar-refractivity contribution in [2.24, 2.45) is 5.92 Å². The summed E-state index contributed by atoms with van der Waals surface area (Å²) in [4.78, 5) is 12.6. The van der Waals surface area contributed by atoms with E-state index in [0.29, 0.717) is 27.4 Å². The lowest BCUT2D eigenvalue weighted by atomic mass is 10.2. The lowest BCUT2D eigenvalue weighted by molar-refractivity contribution is 0.0953. The second kappa shape index (κ2) is 5.47. The molecule has 5 heteroatoms. The summed E-state index contributed by atoms with van der Waals surface area (Å²) in [5.41, 5.74) is 0. The van der Waals surface area contributed by atoms with Gasteiger partial charge in [0, 0.05) is 21.7 Å². The van der Waals surface area contributed by atoms with Crippen molar-refractivity contribution >= 4 is 50.5 Å². The lowest BCUT2D eigenvalue weighted by Gasteiger charge is -2.06. The van der Waals surface area contributed by atoms with Crippen molar-refractivity contribution in [3.05, 3.63) is 33.1 Å². The van der Waals surface area contributed by atoms with Crippen molar-refractivity contribution in [2.75, 3.05) is 6.54 Å². The van der Waals surface area contributed by atoms with Crippen molar-refractivity contribution in [2.45, 2.75) is 13.8 Å². The normalized spacial score (nSPS) is 11.2. The number of hydrogen-bond donors (Lipinski definition) is 1.